The van der Waals surface area contributed by atoms with E-state index in [1.807, 2.05) is 0 Å². The smallest absolute Gasteiger partial charge is 0.347 e. The first-order valence-corrected chi connectivity index (χ1v) is 5.04. The van der Waals surface area contributed by atoms with E-state index < -0.39 is 17.5 Å². The van der Waals surface area contributed by atoms with E-state index in [-0.39, 0.29) is 22.8 Å². The normalized spacial score (nSPS) is 9.58. The highest BCUT2D eigenvalue weighted by atomic mass is 16.5. The molecule has 7 heteroatoms. The van der Waals surface area contributed by atoms with E-state index in [2.05, 4.69) is 0 Å². The van der Waals surface area contributed by atoms with Crippen LogP contribution >= 0.6 is 0 Å². The van der Waals surface area contributed by atoms with E-state index in [0.29, 0.717) is 0 Å². The number of ether oxygens (including phenoxy) is 2. The summed E-state index contributed by atoms with van der Waals surface area (Å²) in [5, 5.41) is 27.1. The fourth-order valence-electron chi connectivity index (χ4n) is 1.50. The van der Waals surface area contributed by atoms with Crippen LogP contribution in [0.3, 0.4) is 0 Å². The number of rotatable bonds is 5. The van der Waals surface area contributed by atoms with E-state index in [9.17, 15) is 14.7 Å². The third-order valence-electron chi connectivity index (χ3n) is 2.29. The Labute approximate surface area is 108 Å². The minimum Gasteiger partial charge on any atom is -0.508 e. The molecule has 0 bridgehead atoms. The van der Waals surface area contributed by atoms with Gasteiger partial charge in [-0.05, 0) is 12.1 Å². The molecule has 7 nitrogen and oxygen atoms in total. The Morgan fingerprint density at radius 3 is 2.11 bits per heavy atom. The molecule has 0 saturated carbocycles. The number of hydrogen-bond donors (Lipinski definition) is 3. The summed E-state index contributed by atoms with van der Waals surface area (Å²) in [6.07, 6.45) is 0. The molecule has 0 atom stereocenters. The topological polar surface area (TPSA) is 113 Å². The summed E-state index contributed by atoms with van der Waals surface area (Å²) < 4.78 is 9.82. The molecule has 0 aliphatic heterocycles. The van der Waals surface area contributed by atoms with Gasteiger partial charge in [-0.1, -0.05) is 0 Å². The van der Waals surface area contributed by atoms with Crippen molar-refractivity contribution in [2.24, 2.45) is 0 Å². The highest BCUT2D eigenvalue weighted by molar-refractivity contribution is 6.18. The van der Waals surface area contributed by atoms with E-state index in [1.165, 1.54) is 25.3 Å². The summed E-state index contributed by atoms with van der Waals surface area (Å²) in [5.74, 6) is -3.66. The van der Waals surface area contributed by atoms with Crippen molar-refractivity contribution in [2.45, 2.75) is 0 Å². The summed E-state index contributed by atoms with van der Waals surface area (Å²) in [4.78, 5) is 21.9. The number of carboxylic acids is 2. The molecule has 19 heavy (non-hydrogen) atoms. The number of carboxylic acid groups (broad SMARTS) is 2. The molecule has 0 unspecified atom stereocenters. The lowest BCUT2D eigenvalue weighted by Gasteiger charge is -2.13. The maximum absolute atomic E-state index is 11.0. The van der Waals surface area contributed by atoms with Gasteiger partial charge in [0, 0.05) is 6.07 Å². The Bertz CT molecular complexity index is 529. The zero-order chi connectivity index (χ0) is 14.6. The van der Waals surface area contributed by atoms with Crippen molar-refractivity contribution in [3.63, 3.8) is 0 Å². The molecule has 0 heterocycles. The average molecular weight is 268 g/mol. The highest BCUT2D eigenvalue weighted by Crippen LogP contribution is 2.32. The Morgan fingerprint density at radius 1 is 1.11 bits per heavy atom. The second-order valence-electron chi connectivity index (χ2n) is 3.40. The third kappa shape index (κ3) is 2.95. The van der Waals surface area contributed by atoms with E-state index in [4.69, 9.17) is 19.7 Å². The molecule has 0 saturated heterocycles. The molecule has 0 aliphatic rings. The molecule has 0 aromatic heterocycles. The molecule has 1 aromatic carbocycles. The van der Waals surface area contributed by atoms with Crippen LogP contribution in [-0.4, -0.2) is 41.5 Å². The second-order valence-corrected chi connectivity index (χ2v) is 3.40. The van der Waals surface area contributed by atoms with Crippen LogP contribution in [0.5, 0.6) is 11.5 Å². The molecular weight excluding hydrogens is 256 g/mol. The van der Waals surface area contributed by atoms with Gasteiger partial charge in [0.05, 0.1) is 19.8 Å². The van der Waals surface area contributed by atoms with Crippen LogP contribution in [0.25, 0.3) is 5.76 Å². The van der Waals surface area contributed by atoms with Crippen LogP contribution in [0.2, 0.25) is 0 Å². The predicted molar refractivity (Wildman–Crippen MR) is 63.9 cm³/mol. The molecule has 3 N–H and O–H groups in total. The first-order chi connectivity index (χ1) is 8.92. The zero-order valence-electron chi connectivity index (χ0n) is 10.2. The van der Waals surface area contributed by atoms with Crippen molar-refractivity contribution in [1.82, 2.24) is 0 Å². The van der Waals surface area contributed by atoms with Crippen molar-refractivity contribution in [3.05, 3.63) is 29.3 Å². The molecule has 1 rings (SSSR count). The first kappa shape index (κ1) is 14.4. The number of aromatic hydroxyl groups is 1. The van der Waals surface area contributed by atoms with Crippen LogP contribution in [0.1, 0.15) is 5.56 Å². The lowest BCUT2D eigenvalue weighted by Crippen LogP contribution is -2.15. The van der Waals surface area contributed by atoms with Crippen LogP contribution in [0.15, 0.2) is 23.8 Å². The van der Waals surface area contributed by atoms with Gasteiger partial charge in [-0.15, -0.1) is 0 Å². The number of phenols is 1. The van der Waals surface area contributed by atoms with Gasteiger partial charge in [0.1, 0.15) is 11.5 Å². The standard InChI is InChI=1S/C12H12O7/c1-18-8-5-6(13)3-4-7(8)10(19-2)9(11(14)15)12(16)17/h3-5,13H,1-2H3,(H,14,15)(H,16,17). The molecule has 1 aromatic rings. The fraction of sp³-hybridized carbons (Fsp3) is 0.167. The van der Waals surface area contributed by atoms with Gasteiger partial charge in [0.15, 0.2) is 11.3 Å². The number of hydrogen-bond acceptors (Lipinski definition) is 5. The number of benzene rings is 1. The lowest BCUT2D eigenvalue weighted by atomic mass is 10.1. The molecule has 0 amide bonds. The number of phenolic OH excluding ortho intramolecular Hbond substituents is 1. The van der Waals surface area contributed by atoms with Gasteiger partial charge in [0.2, 0.25) is 0 Å². The molecule has 102 valence electrons. The molecule has 0 radical (unpaired) electrons. The SMILES string of the molecule is COC(=C(C(=O)O)C(=O)O)c1ccc(O)cc1OC. The van der Waals surface area contributed by atoms with E-state index in [0.717, 1.165) is 7.11 Å². The van der Waals surface area contributed by atoms with Crippen molar-refractivity contribution >= 4 is 17.7 Å². The van der Waals surface area contributed by atoms with Gasteiger partial charge >= 0.3 is 11.9 Å². The second kappa shape index (κ2) is 5.76. The van der Waals surface area contributed by atoms with Crippen molar-refractivity contribution in [3.8, 4) is 11.5 Å². The minimum absolute atomic E-state index is 0.0943. The quantitative estimate of drug-likeness (QED) is 0.315. The predicted octanol–water partition coefficient (Wildman–Crippen LogP) is 0.927. The highest BCUT2D eigenvalue weighted by Gasteiger charge is 2.26. The summed E-state index contributed by atoms with van der Waals surface area (Å²) >= 11 is 0. The summed E-state index contributed by atoms with van der Waals surface area (Å²) in [6, 6.07) is 3.78. The van der Waals surface area contributed by atoms with Crippen LogP contribution in [-0.2, 0) is 14.3 Å². The first-order valence-electron chi connectivity index (χ1n) is 5.04. The number of methoxy groups -OCH3 is 2. The summed E-state index contributed by atoms with van der Waals surface area (Å²) in [6.45, 7) is 0. The fourth-order valence-corrected chi connectivity index (χ4v) is 1.50. The number of aliphatic carboxylic acids is 2. The molecule has 0 aliphatic carbocycles. The van der Waals surface area contributed by atoms with Crippen LogP contribution in [0, 0.1) is 0 Å². The average Bonchev–Trinajstić information content (AvgIpc) is 2.34. The van der Waals surface area contributed by atoms with Gasteiger partial charge in [-0.2, -0.15) is 0 Å². The third-order valence-corrected chi connectivity index (χ3v) is 2.29. The Balaban J connectivity index is 3.58. The van der Waals surface area contributed by atoms with Gasteiger partial charge in [0.25, 0.3) is 0 Å². The summed E-state index contributed by atoms with van der Waals surface area (Å²) in [7, 11) is 2.44. The minimum atomic E-state index is -1.64. The van der Waals surface area contributed by atoms with Gasteiger partial charge < -0.3 is 24.8 Å². The van der Waals surface area contributed by atoms with Crippen molar-refractivity contribution in [1.29, 1.82) is 0 Å². The van der Waals surface area contributed by atoms with E-state index in [1.54, 1.807) is 0 Å². The van der Waals surface area contributed by atoms with Gasteiger partial charge in [-0.25, -0.2) is 9.59 Å². The van der Waals surface area contributed by atoms with E-state index >= 15 is 0 Å². The molecular formula is C12H12O7. The molecule has 0 spiro atoms. The van der Waals surface area contributed by atoms with Crippen molar-refractivity contribution in [2.75, 3.05) is 14.2 Å². The lowest BCUT2D eigenvalue weighted by molar-refractivity contribution is -0.140. The van der Waals surface area contributed by atoms with Crippen LogP contribution in [0.4, 0.5) is 0 Å². The zero-order valence-corrected chi connectivity index (χ0v) is 10.2. The van der Waals surface area contributed by atoms with Gasteiger partial charge in [-0.3, -0.25) is 0 Å². The summed E-state index contributed by atoms with van der Waals surface area (Å²) in [5.41, 5.74) is -0.811. The van der Waals surface area contributed by atoms with Crippen molar-refractivity contribution < 1.29 is 34.4 Å². The maximum Gasteiger partial charge on any atom is 0.347 e. The number of carbonyl (C=O) groups is 2. The van der Waals surface area contributed by atoms with Crippen LogP contribution < -0.4 is 4.74 Å². The maximum atomic E-state index is 11.0. The Hall–Kier alpha value is -2.70. The Morgan fingerprint density at radius 2 is 1.68 bits per heavy atom. The molecule has 0 fully saturated rings. The Kier molecular flexibility index (Phi) is 4.36. The monoisotopic (exact) mass is 268 g/mol. The largest absolute Gasteiger partial charge is 0.508 e.